The molecule has 1 rings (SSSR count). The van der Waals surface area contributed by atoms with Crippen molar-refractivity contribution in [2.45, 2.75) is 46.0 Å². The smallest absolute Gasteiger partial charge is 0.339 e. The van der Waals surface area contributed by atoms with Gasteiger partial charge in [-0.1, -0.05) is 51.0 Å². The van der Waals surface area contributed by atoms with E-state index in [-0.39, 0.29) is 11.1 Å². The SMILES string of the molecule is CC/C=C/CCOC(=O)c1ccccc1C(=O)OCCCCC. The second kappa shape index (κ2) is 11.5. The zero-order chi connectivity index (χ0) is 16.9. The minimum absolute atomic E-state index is 0.257. The average Bonchev–Trinajstić information content (AvgIpc) is 2.58. The van der Waals surface area contributed by atoms with Crippen LogP contribution in [0.4, 0.5) is 0 Å². The quantitative estimate of drug-likeness (QED) is 0.361. The van der Waals surface area contributed by atoms with E-state index in [1.807, 2.05) is 19.1 Å². The van der Waals surface area contributed by atoms with Crippen molar-refractivity contribution in [3.63, 3.8) is 0 Å². The lowest BCUT2D eigenvalue weighted by molar-refractivity contribution is 0.0457. The predicted octanol–water partition coefficient (Wildman–Crippen LogP) is 4.55. The first-order valence-electron chi connectivity index (χ1n) is 8.29. The standard InChI is InChI=1S/C19H26O4/c1-3-5-7-11-15-23-19(21)17-13-9-8-12-16(17)18(20)22-14-10-6-4-2/h5,7-9,12-13H,3-4,6,10-11,14-15H2,1-2H3/b7-5+. The summed E-state index contributed by atoms with van der Waals surface area (Å²) in [7, 11) is 0. The molecule has 0 radical (unpaired) electrons. The first kappa shape index (κ1) is 18.9. The molecule has 0 N–H and O–H groups in total. The maximum Gasteiger partial charge on any atom is 0.339 e. The largest absolute Gasteiger partial charge is 0.462 e. The lowest BCUT2D eigenvalue weighted by Gasteiger charge is -2.09. The molecule has 0 heterocycles. The van der Waals surface area contributed by atoms with E-state index in [0.29, 0.717) is 19.6 Å². The van der Waals surface area contributed by atoms with Crippen molar-refractivity contribution in [3.05, 3.63) is 47.5 Å². The molecular weight excluding hydrogens is 292 g/mol. The van der Waals surface area contributed by atoms with Gasteiger partial charge in [-0.2, -0.15) is 0 Å². The zero-order valence-corrected chi connectivity index (χ0v) is 14.0. The third-order valence-corrected chi connectivity index (χ3v) is 3.27. The lowest BCUT2D eigenvalue weighted by Crippen LogP contribution is -2.14. The molecule has 23 heavy (non-hydrogen) atoms. The van der Waals surface area contributed by atoms with E-state index in [1.54, 1.807) is 24.3 Å². The third-order valence-electron chi connectivity index (χ3n) is 3.27. The summed E-state index contributed by atoms with van der Waals surface area (Å²) in [5.74, 6) is -0.962. The number of benzene rings is 1. The first-order chi connectivity index (χ1) is 11.2. The van der Waals surface area contributed by atoms with Gasteiger partial charge in [-0.3, -0.25) is 0 Å². The Balaban J connectivity index is 2.59. The van der Waals surface area contributed by atoms with E-state index in [4.69, 9.17) is 9.47 Å². The average molecular weight is 318 g/mol. The number of unbranched alkanes of at least 4 members (excludes halogenated alkanes) is 2. The summed E-state index contributed by atoms with van der Waals surface area (Å²) in [6, 6.07) is 6.60. The van der Waals surface area contributed by atoms with Crippen LogP contribution in [-0.2, 0) is 9.47 Å². The third kappa shape index (κ3) is 7.13. The van der Waals surface area contributed by atoms with Gasteiger partial charge in [0.15, 0.2) is 0 Å². The molecule has 0 atom stereocenters. The highest BCUT2D eigenvalue weighted by Crippen LogP contribution is 2.12. The molecule has 0 aliphatic heterocycles. The van der Waals surface area contributed by atoms with E-state index in [0.717, 1.165) is 25.7 Å². The second-order valence-electron chi connectivity index (χ2n) is 5.19. The van der Waals surface area contributed by atoms with Gasteiger partial charge in [-0.25, -0.2) is 9.59 Å². The molecule has 4 heteroatoms. The molecule has 0 spiro atoms. The van der Waals surface area contributed by atoms with Crippen molar-refractivity contribution >= 4 is 11.9 Å². The van der Waals surface area contributed by atoms with Crippen LogP contribution in [0.3, 0.4) is 0 Å². The molecule has 1 aromatic carbocycles. The normalized spacial score (nSPS) is 10.7. The van der Waals surface area contributed by atoms with E-state index < -0.39 is 11.9 Å². The van der Waals surface area contributed by atoms with Gasteiger partial charge >= 0.3 is 11.9 Å². The van der Waals surface area contributed by atoms with Gasteiger partial charge in [0.2, 0.25) is 0 Å². The van der Waals surface area contributed by atoms with Crippen LogP contribution in [0.5, 0.6) is 0 Å². The predicted molar refractivity (Wildman–Crippen MR) is 90.6 cm³/mol. The second-order valence-corrected chi connectivity index (χ2v) is 5.19. The molecule has 0 aliphatic rings. The maximum atomic E-state index is 12.1. The molecule has 0 aromatic heterocycles. The van der Waals surface area contributed by atoms with Crippen molar-refractivity contribution < 1.29 is 19.1 Å². The first-order valence-corrected chi connectivity index (χ1v) is 8.29. The molecule has 0 saturated heterocycles. The highest BCUT2D eigenvalue weighted by atomic mass is 16.5. The van der Waals surface area contributed by atoms with Crippen LogP contribution < -0.4 is 0 Å². The van der Waals surface area contributed by atoms with Gasteiger partial charge in [0.1, 0.15) is 0 Å². The van der Waals surface area contributed by atoms with Crippen molar-refractivity contribution in [3.8, 4) is 0 Å². The van der Waals surface area contributed by atoms with E-state index >= 15 is 0 Å². The molecule has 1 aromatic rings. The van der Waals surface area contributed by atoms with Crippen LogP contribution in [0.1, 0.15) is 66.7 Å². The number of hydrogen-bond donors (Lipinski definition) is 0. The maximum absolute atomic E-state index is 12.1. The minimum atomic E-state index is -0.490. The highest BCUT2D eigenvalue weighted by molar-refractivity contribution is 6.03. The summed E-state index contributed by atoms with van der Waals surface area (Å²) in [6.45, 7) is 4.81. The Hall–Kier alpha value is -2.10. The van der Waals surface area contributed by atoms with E-state index in [2.05, 4.69) is 6.92 Å². The summed E-state index contributed by atoms with van der Waals surface area (Å²) in [4.78, 5) is 24.2. The van der Waals surface area contributed by atoms with Crippen molar-refractivity contribution in [1.29, 1.82) is 0 Å². The lowest BCUT2D eigenvalue weighted by atomic mass is 10.1. The molecular formula is C19H26O4. The zero-order valence-electron chi connectivity index (χ0n) is 14.0. The molecule has 0 amide bonds. The van der Waals surface area contributed by atoms with Gasteiger partial charge in [0, 0.05) is 0 Å². The number of carbonyl (C=O) groups is 2. The number of rotatable bonds is 10. The Morgan fingerprint density at radius 2 is 1.52 bits per heavy atom. The number of esters is 2. The van der Waals surface area contributed by atoms with Crippen LogP contribution in [0.15, 0.2) is 36.4 Å². The van der Waals surface area contributed by atoms with Gasteiger partial charge in [-0.15, -0.1) is 0 Å². The van der Waals surface area contributed by atoms with E-state index in [9.17, 15) is 9.59 Å². The van der Waals surface area contributed by atoms with Gasteiger partial charge in [-0.05, 0) is 31.4 Å². The van der Waals surface area contributed by atoms with Gasteiger partial charge < -0.3 is 9.47 Å². The number of allylic oxidation sites excluding steroid dienone is 1. The minimum Gasteiger partial charge on any atom is -0.462 e. The molecule has 0 fully saturated rings. The Labute approximate surface area is 138 Å². The van der Waals surface area contributed by atoms with Gasteiger partial charge in [0.05, 0.1) is 24.3 Å². The topological polar surface area (TPSA) is 52.6 Å². The number of hydrogen-bond acceptors (Lipinski definition) is 4. The molecule has 0 aliphatic carbocycles. The Morgan fingerprint density at radius 1 is 0.913 bits per heavy atom. The Bertz CT molecular complexity index is 520. The van der Waals surface area contributed by atoms with Crippen LogP contribution in [0.25, 0.3) is 0 Å². The van der Waals surface area contributed by atoms with Crippen molar-refractivity contribution in [2.75, 3.05) is 13.2 Å². The molecule has 0 unspecified atom stereocenters. The molecule has 126 valence electrons. The summed E-state index contributed by atoms with van der Waals surface area (Å²) >= 11 is 0. The fourth-order valence-corrected chi connectivity index (χ4v) is 2.02. The van der Waals surface area contributed by atoms with Crippen LogP contribution >= 0.6 is 0 Å². The summed E-state index contributed by atoms with van der Waals surface area (Å²) < 4.78 is 10.4. The molecule has 0 saturated carbocycles. The van der Waals surface area contributed by atoms with Crippen molar-refractivity contribution in [2.24, 2.45) is 0 Å². The Morgan fingerprint density at radius 3 is 2.09 bits per heavy atom. The van der Waals surface area contributed by atoms with Crippen LogP contribution in [0, 0.1) is 0 Å². The summed E-state index contributed by atoms with van der Waals surface area (Å²) in [5.41, 5.74) is 0.519. The number of carbonyl (C=O) groups excluding carboxylic acids is 2. The highest BCUT2D eigenvalue weighted by Gasteiger charge is 2.18. The van der Waals surface area contributed by atoms with Gasteiger partial charge in [0.25, 0.3) is 0 Å². The van der Waals surface area contributed by atoms with Crippen molar-refractivity contribution in [1.82, 2.24) is 0 Å². The number of ether oxygens (including phenoxy) is 2. The Kier molecular flexibility index (Phi) is 9.45. The monoisotopic (exact) mass is 318 g/mol. The van der Waals surface area contributed by atoms with E-state index in [1.165, 1.54) is 0 Å². The fraction of sp³-hybridized carbons (Fsp3) is 0.474. The fourth-order valence-electron chi connectivity index (χ4n) is 2.02. The van der Waals surface area contributed by atoms with Crippen LogP contribution in [-0.4, -0.2) is 25.2 Å². The molecule has 4 nitrogen and oxygen atoms in total. The van der Waals surface area contributed by atoms with Crippen LogP contribution in [0.2, 0.25) is 0 Å². The summed E-state index contributed by atoms with van der Waals surface area (Å²) in [6.07, 6.45) is 8.54. The molecule has 0 bridgehead atoms. The summed E-state index contributed by atoms with van der Waals surface area (Å²) in [5, 5.41) is 0.